The Bertz CT molecular complexity index is 593. The minimum atomic E-state index is -0.175. The molecule has 0 aliphatic rings. The molecule has 0 saturated carbocycles. The number of hydrogen-bond donors (Lipinski definition) is 1. The maximum atomic E-state index is 11.9. The molecule has 0 saturated heterocycles. The van der Waals surface area contributed by atoms with Crippen molar-refractivity contribution in [2.75, 3.05) is 5.32 Å². The fraction of sp³-hybridized carbons (Fsp3) is 0.0714. The van der Waals surface area contributed by atoms with Crippen LogP contribution in [0.3, 0.4) is 0 Å². The molecular weight excluding hydrogens is 305 g/mol. The molecule has 0 aromatic heterocycles. The summed E-state index contributed by atoms with van der Waals surface area (Å²) in [7, 11) is 0. The molecule has 0 atom stereocenters. The SMILES string of the molecule is O=C(Cc1ccccc1Cl)Nc1cc(Cl)cc(Cl)c1. The van der Waals surface area contributed by atoms with Gasteiger partial charge in [0.05, 0.1) is 6.42 Å². The van der Waals surface area contributed by atoms with E-state index >= 15 is 0 Å². The Labute approximate surface area is 126 Å². The predicted molar refractivity (Wildman–Crippen MR) is 80.2 cm³/mol. The molecule has 19 heavy (non-hydrogen) atoms. The van der Waals surface area contributed by atoms with E-state index in [1.165, 1.54) is 0 Å². The van der Waals surface area contributed by atoms with Crippen molar-refractivity contribution >= 4 is 46.4 Å². The molecule has 1 N–H and O–H groups in total. The Kier molecular flexibility index (Phi) is 4.70. The van der Waals surface area contributed by atoms with Gasteiger partial charge in [-0.15, -0.1) is 0 Å². The van der Waals surface area contributed by atoms with Gasteiger partial charge in [0, 0.05) is 20.8 Å². The van der Waals surface area contributed by atoms with E-state index in [0.717, 1.165) is 5.56 Å². The third kappa shape index (κ3) is 4.13. The van der Waals surface area contributed by atoms with Gasteiger partial charge >= 0.3 is 0 Å². The van der Waals surface area contributed by atoms with Crippen LogP contribution >= 0.6 is 34.8 Å². The summed E-state index contributed by atoms with van der Waals surface area (Å²) in [6, 6.07) is 12.1. The van der Waals surface area contributed by atoms with E-state index in [4.69, 9.17) is 34.8 Å². The summed E-state index contributed by atoms with van der Waals surface area (Å²) in [5, 5.41) is 4.25. The first-order chi connectivity index (χ1) is 9.04. The Balaban J connectivity index is 2.07. The molecule has 2 aromatic rings. The van der Waals surface area contributed by atoms with Gasteiger partial charge in [0.1, 0.15) is 0 Å². The van der Waals surface area contributed by atoms with E-state index in [-0.39, 0.29) is 12.3 Å². The average Bonchev–Trinajstić information content (AvgIpc) is 2.30. The van der Waals surface area contributed by atoms with Gasteiger partial charge in [-0.2, -0.15) is 0 Å². The number of carbonyl (C=O) groups is 1. The van der Waals surface area contributed by atoms with Crippen LogP contribution < -0.4 is 5.32 Å². The quantitative estimate of drug-likeness (QED) is 0.864. The van der Waals surface area contributed by atoms with Crippen LogP contribution in [0.25, 0.3) is 0 Å². The van der Waals surface area contributed by atoms with E-state index in [1.54, 1.807) is 24.3 Å². The summed E-state index contributed by atoms with van der Waals surface area (Å²) in [5.74, 6) is -0.175. The fourth-order valence-electron chi connectivity index (χ4n) is 1.65. The summed E-state index contributed by atoms with van der Waals surface area (Å²) >= 11 is 17.7. The van der Waals surface area contributed by atoms with E-state index < -0.39 is 0 Å². The maximum Gasteiger partial charge on any atom is 0.228 e. The third-order valence-corrected chi connectivity index (χ3v) is 3.26. The number of carbonyl (C=O) groups excluding carboxylic acids is 1. The zero-order valence-corrected chi connectivity index (χ0v) is 12.1. The Hall–Kier alpha value is -1.22. The lowest BCUT2D eigenvalue weighted by Crippen LogP contribution is -2.14. The molecule has 0 heterocycles. The van der Waals surface area contributed by atoms with Crippen LogP contribution in [0.15, 0.2) is 42.5 Å². The molecule has 98 valence electrons. The lowest BCUT2D eigenvalue weighted by Gasteiger charge is -2.07. The summed E-state index contributed by atoms with van der Waals surface area (Å²) < 4.78 is 0. The van der Waals surface area contributed by atoms with Crippen molar-refractivity contribution in [1.29, 1.82) is 0 Å². The fourth-order valence-corrected chi connectivity index (χ4v) is 2.37. The molecule has 0 radical (unpaired) electrons. The van der Waals surface area contributed by atoms with Crippen LogP contribution in [0.1, 0.15) is 5.56 Å². The van der Waals surface area contributed by atoms with Crippen molar-refractivity contribution in [2.45, 2.75) is 6.42 Å². The summed E-state index contributed by atoms with van der Waals surface area (Å²) in [6.07, 6.45) is 0.198. The zero-order valence-electron chi connectivity index (χ0n) is 9.79. The van der Waals surface area contributed by atoms with E-state index in [0.29, 0.717) is 20.8 Å². The topological polar surface area (TPSA) is 29.1 Å². The molecule has 0 aliphatic carbocycles. The van der Waals surface area contributed by atoms with Gasteiger partial charge in [0.2, 0.25) is 5.91 Å². The van der Waals surface area contributed by atoms with Gasteiger partial charge in [-0.3, -0.25) is 4.79 Å². The first-order valence-corrected chi connectivity index (χ1v) is 6.67. The molecular formula is C14H10Cl3NO. The summed E-state index contributed by atoms with van der Waals surface area (Å²) in [6.45, 7) is 0. The van der Waals surface area contributed by atoms with Gasteiger partial charge in [-0.25, -0.2) is 0 Å². The number of halogens is 3. The third-order valence-electron chi connectivity index (χ3n) is 2.46. The molecule has 0 spiro atoms. The van der Waals surface area contributed by atoms with Gasteiger partial charge in [0.25, 0.3) is 0 Å². The Morgan fingerprint density at radius 3 is 2.26 bits per heavy atom. The highest BCUT2D eigenvalue weighted by molar-refractivity contribution is 6.35. The Morgan fingerprint density at radius 2 is 1.63 bits per heavy atom. The largest absolute Gasteiger partial charge is 0.326 e. The van der Waals surface area contributed by atoms with Crippen LogP contribution in [0.4, 0.5) is 5.69 Å². The summed E-state index contributed by atoms with van der Waals surface area (Å²) in [5.41, 5.74) is 1.34. The number of amides is 1. The smallest absolute Gasteiger partial charge is 0.228 e. The van der Waals surface area contributed by atoms with Crippen molar-refractivity contribution in [2.24, 2.45) is 0 Å². The van der Waals surface area contributed by atoms with Crippen molar-refractivity contribution in [3.63, 3.8) is 0 Å². The Morgan fingerprint density at radius 1 is 1.00 bits per heavy atom. The first kappa shape index (κ1) is 14.2. The molecule has 0 aliphatic heterocycles. The molecule has 0 bridgehead atoms. The molecule has 2 aromatic carbocycles. The number of rotatable bonds is 3. The van der Waals surface area contributed by atoms with E-state index in [2.05, 4.69) is 5.32 Å². The molecule has 0 unspecified atom stereocenters. The minimum Gasteiger partial charge on any atom is -0.326 e. The van der Waals surface area contributed by atoms with Crippen LogP contribution in [0, 0.1) is 0 Å². The standard InChI is InChI=1S/C14H10Cl3NO/c15-10-6-11(16)8-12(7-10)18-14(19)5-9-3-1-2-4-13(9)17/h1-4,6-8H,5H2,(H,18,19). The van der Waals surface area contributed by atoms with Crippen LogP contribution in [0.5, 0.6) is 0 Å². The van der Waals surface area contributed by atoms with Crippen LogP contribution in [-0.4, -0.2) is 5.91 Å². The number of anilines is 1. The molecule has 5 heteroatoms. The molecule has 1 amide bonds. The number of hydrogen-bond acceptors (Lipinski definition) is 1. The van der Waals surface area contributed by atoms with Crippen molar-refractivity contribution in [3.05, 3.63) is 63.1 Å². The van der Waals surface area contributed by atoms with Gasteiger partial charge in [0.15, 0.2) is 0 Å². The molecule has 2 rings (SSSR count). The lowest BCUT2D eigenvalue weighted by atomic mass is 10.1. The second-order valence-electron chi connectivity index (χ2n) is 3.97. The number of nitrogens with one attached hydrogen (secondary N) is 1. The molecule has 2 nitrogen and oxygen atoms in total. The van der Waals surface area contributed by atoms with Crippen molar-refractivity contribution < 1.29 is 4.79 Å². The highest BCUT2D eigenvalue weighted by Gasteiger charge is 2.07. The predicted octanol–water partition coefficient (Wildman–Crippen LogP) is 4.83. The maximum absolute atomic E-state index is 11.9. The first-order valence-electron chi connectivity index (χ1n) is 5.54. The number of benzene rings is 2. The van der Waals surface area contributed by atoms with E-state index in [1.807, 2.05) is 18.2 Å². The zero-order chi connectivity index (χ0) is 13.8. The van der Waals surface area contributed by atoms with Crippen LogP contribution in [0.2, 0.25) is 15.1 Å². The molecule has 0 fully saturated rings. The highest BCUT2D eigenvalue weighted by Crippen LogP contribution is 2.23. The second-order valence-corrected chi connectivity index (χ2v) is 5.25. The second kappa shape index (κ2) is 6.29. The van der Waals surface area contributed by atoms with Gasteiger partial charge in [-0.1, -0.05) is 53.0 Å². The van der Waals surface area contributed by atoms with Crippen molar-refractivity contribution in [3.8, 4) is 0 Å². The highest BCUT2D eigenvalue weighted by atomic mass is 35.5. The van der Waals surface area contributed by atoms with Gasteiger partial charge in [-0.05, 0) is 29.8 Å². The lowest BCUT2D eigenvalue weighted by molar-refractivity contribution is -0.115. The van der Waals surface area contributed by atoms with E-state index in [9.17, 15) is 4.79 Å². The van der Waals surface area contributed by atoms with Gasteiger partial charge < -0.3 is 5.32 Å². The average molecular weight is 315 g/mol. The van der Waals surface area contributed by atoms with Crippen molar-refractivity contribution in [1.82, 2.24) is 0 Å². The van der Waals surface area contributed by atoms with Crippen LogP contribution in [-0.2, 0) is 11.2 Å². The monoisotopic (exact) mass is 313 g/mol. The summed E-state index contributed by atoms with van der Waals surface area (Å²) in [4.78, 5) is 11.9. The normalized spacial score (nSPS) is 10.3. The minimum absolute atomic E-state index is 0.175.